The molecule has 4 heteroatoms. The summed E-state index contributed by atoms with van der Waals surface area (Å²) in [6, 6.07) is -0.250. The maximum absolute atomic E-state index is 13.0. The van der Waals surface area contributed by atoms with Crippen LogP contribution >= 0.6 is 0 Å². The normalized spacial score (nSPS) is 32.7. The van der Waals surface area contributed by atoms with Gasteiger partial charge in [-0.05, 0) is 31.1 Å². The van der Waals surface area contributed by atoms with E-state index in [0.717, 1.165) is 25.7 Å². The van der Waals surface area contributed by atoms with Gasteiger partial charge in [0.05, 0.1) is 5.92 Å². The van der Waals surface area contributed by atoms with Crippen LogP contribution in [0.5, 0.6) is 0 Å². The van der Waals surface area contributed by atoms with Gasteiger partial charge >= 0.3 is 6.18 Å². The Morgan fingerprint density at radius 1 is 0.944 bits per heavy atom. The van der Waals surface area contributed by atoms with Crippen LogP contribution in [0.4, 0.5) is 13.2 Å². The molecule has 0 spiro atoms. The summed E-state index contributed by atoms with van der Waals surface area (Å²) >= 11 is 0. The third kappa shape index (κ3) is 3.40. The lowest BCUT2D eigenvalue weighted by Crippen LogP contribution is -2.43. The van der Waals surface area contributed by atoms with Crippen molar-refractivity contribution in [3.8, 4) is 0 Å². The summed E-state index contributed by atoms with van der Waals surface area (Å²) in [4.78, 5) is 0. The fourth-order valence-corrected chi connectivity index (χ4v) is 3.88. The maximum atomic E-state index is 13.0. The Morgan fingerprint density at radius 3 is 2.11 bits per heavy atom. The van der Waals surface area contributed by atoms with Crippen LogP contribution in [-0.2, 0) is 0 Å². The zero-order valence-corrected chi connectivity index (χ0v) is 10.9. The Balaban J connectivity index is 1.94. The predicted octanol–water partition coefficient (Wildman–Crippen LogP) is 4.26. The number of hydrogen-bond acceptors (Lipinski definition) is 1. The predicted molar refractivity (Wildman–Crippen MR) is 66.1 cm³/mol. The molecule has 2 fully saturated rings. The molecule has 0 aromatic heterocycles. The van der Waals surface area contributed by atoms with Gasteiger partial charge in [-0.2, -0.15) is 13.2 Å². The minimum absolute atomic E-state index is 0.250. The first-order valence-corrected chi connectivity index (χ1v) is 7.31. The Labute approximate surface area is 107 Å². The van der Waals surface area contributed by atoms with Crippen molar-refractivity contribution >= 4 is 0 Å². The summed E-state index contributed by atoms with van der Waals surface area (Å²) in [6.07, 6.45) is 4.09. The van der Waals surface area contributed by atoms with Gasteiger partial charge in [0.1, 0.15) is 0 Å². The second kappa shape index (κ2) is 5.81. The van der Waals surface area contributed by atoms with Crippen LogP contribution in [0.15, 0.2) is 0 Å². The molecule has 2 N–H and O–H groups in total. The lowest BCUT2D eigenvalue weighted by molar-refractivity contribution is -0.198. The molecule has 18 heavy (non-hydrogen) atoms. The molecule has 3 atom stereocenters. The van der Waals surface area contributed by atoms with E-state index >= 15 is 0 Å². The van der Waals surface area contributed by atoms with E-state index in [1.165, 1.54) is 12.8 Å². The smallest absolute Gasteiger partial charge is 0.327 e. The Morgan fingerprint density at radius 2 is 1.50 bits per heavy atom. The molecule has 2 saturated carbocycles. The van der Waals surface area contributed by atoms with Crippen LogP contribution in [0, 0.1) is 17.8 Å². The van der Waals surface area contributed by atoms with E-state index in [4.69, 9.17) is 5.73 Å². The molecule has 0 heterocycles. The van der Waals surface area contributed by atoms with Gasteiger partial charge in [-0.3, -0.25) is 0 Å². The highest BCUT2D eigenvalue weighted by atomic mass is 19.4. The Kier molecular flexibility index (Phi) is 4.57. The van der Waals surface area contributed by atoms with Gasteiger partial charge in [0.15, 0.2) is 0 Å². The Bertz CT molecular complexity index is 258. The van der Waals surface area contributed by atoms with Gasteiger partial charge < -0.3 is 5.73 Å². The van der Waals surface area contributed by atoms with Crippen LogP contribution in [0.1, 0.15) is 57.8 Å². The molecule has 1 nitrogen and oxygen atoms in total. The van der Waals surface area contributed by atoms with Gasteiger partial charge in [0, 0.05) is 6.04 Å². The van der Waals surface area contributed by atoms with Crippen LogP contribution in [-0.4, -0.2) is 12.2 Å². The van der Waals surface area contributed by atoms with Crippen molar-refractivity contribution in [2.24, 2.45) is 23.5 Å². The quantitative estimate of drug-likeness (QED) is 0.808. The standard InChI is InChI=1S/C14H24F3N/c15-14(16,17)12-8-4-3-7-11(12)13(18)9-10-5-1-2-6-10/h10-13H,1-9,18H2. The molecule has 0 aromatic carbocycles. The summed E-state index contributed by atoms with van der Waals surface area (Å²) in [7, 11) is 0. The average molecular weight is 263 g/mol. The fraction of sp³-hybridized carbons (Fsp3) is 1.00. The third-order valence-corrected chi connectivity index (χ3v) is 4.87. The van der Waals surface area contributed by atoms with E-state index in [1.54, 1.807) is 0 Å². The SMILES string of the molecule is NC(CC1CCCC1)C1CCCCC1C(F)(F)F. The van der Waals surface area contributed by atoms with Crippen molar-refractivity contribution < 1.29 is 13.2 Å². The number of rotatable bonds is 3. The highest BCUT2D eigenvalue weighted by molar-refractivity contribution is 4.88. The summed E-state index contributed by atoms with van der Waals surface area (Å²) < 4.78 is 39.0. The molecule has 0 aliphatic heterocycles. The lowest BCUT2D eigenvalue weighted by Gasteiger charge is -2.37. The number of alkyl halides is 3. The van der Waals surface area contributed by atoms with Crippen LogP contribution in [0.3, 0.4) is 0 Å². The van der Waals surface area contributed by atoms with Gasteiger partial charge in [-0.15, -0.1) is 0 Å². The molecule has 0 aromatic rings. The molecule has 2 aliphatic rings. The summed E-state index contributed by atoms with van der Waals surface area (Å²) in [5, 5.41) is 0. The molecule has 3 unspecified atom stereocenters. The number of hydrogen-bond donors (Lipinski definition) is 1. The van der Waals surface area contributed by atoms with Crippen molar-refractivity contribution in [3.63, 3.8) is 0 Å². The van der Waals surface area contributed by atoms with E-state index in [1.807, 2.05) is 0 Å². The number of nitrogens with two attached hydrogens (primary N) is 1. The third-order valence-electron chi connectivity index (χ3n) is 4.87. The van der Waals surface area contributed by atoms with E-state index in [0.29, 0.717) is 18.8 Å². The fourth-order valence-electron chi connectivity index (χ4n) is 3.88. The topological polar surface area (TPSA) is 26.0 Å². The van der Waals surface area contributed by atoms with Gasteiger partial charge in [-0.1, -0.05) is 38.5 Å². The highest BCUT2D eigenvalue weighted by Gasteiger charge is 2.47. The summed E-state index contributed by atoms with van der Waals surface area (Å²) in [5.74, 6) is -0.905. The second-order valence-corrected chi connectivity index (χ2v) is 6.15. The van der Waals surface area contributed by atoms with Crippen LogP contribution < -0.4 is 5.73 Å². The molecule has 2 aliphatic carbocycles. The van der Waals surface area contributed by atoms with E-state index in [2.05, 4.69) is 0 Å². The molecule has 2 rings (SSSR count). The first kappa shape index (κ1) is 14.2. The van der Waals surface area contributed by atoms with E-state index in [9.17, 15) is 13.2 Å². The molecular weight excluding hydrogens is 239 g/mol. The van der Waals surface area contributed by atoms with Crippen molar-refractivity contribution in [1.82, 2.24) is 0 Å². The van der Waals surface area contributed by atoms with Crippen molar-refractivity contribution in [2.45, 2.75) is 70.0 Å². The molecule has 0 saturated heterocycles. The maximum Gasteiger partial charge on any atom is 0.392 e. The Hall–Kier alpha value is -0.250. The van der Waals surface area contributed by atoms with E-state index in [-0.39, 0.29) is 18.4 Å². The minimum atomic E-state index is -4.06. The second-order valence-electron chi connectivity index (χ2n) is 6.15. The largest absolute Gasteiger partial charge is 0.392 e. The molecule has 106 valence electrons. The molecule has 0 bridgehead atoms. The van der Waals surface area contributed by atoms with Gasteiger partial charge in [0.25, 0.3) is 0 Å². The first-order valence-electron chi connectivity index (χ1n) is 7.31. The zero-order chi connectivity index (χ0) is 13.2. The average Bonchev–Trinajstić information content (AvgIpc) is 2.80. The van der Waals surface area contributed by atoms with Crippen LogP contribution in [0.25, 0.3) is 0 Å². The first-order chi connectivity index (χ1) is 8.48. The highest BCUT2D eigenvalue weighted by Crippen LogP contribution is 2.44. The molecule has 0 radical (unpaired) electrons. The zero-order valence-electron chi connectivity index (χ0n) is 10.9. The van der Waals surface area contributed by atoms with Gasteiger partial charge in [-0.25, -0.2) is 0 Å². The summed E-state index contributed by atoms with van der Waals surface area (Å²) in [6.45, 7) is 0. The molecule has 0 amide bonds. The number of halogens is 3. The summed E-state index contributed by atoms with van der Waals surface area (Å²) in [5.41, 5.74) is 6.12. The van der Waals surface area contributed by atoms with Gasteiger partial charge in [0.2, 0.25) is 0 Å². The lowest BCUT2D eigenvalue weighted by atomic mass is 9.73. The van der Waals surface area contributed by atoms with Crippen molar-refractivity contribution in [1.29, 1.82) is 0 Å². The monoisotopic (exact) mass is 263 g/mol. The van der Waals surface area contributed by atoms with E-state index < -0.39 is 12.1 Å². The van der Waals surface area contributed by atoms with Crippen LogP contribution in [0.2, 0.25) is 0 Å². The minimum Gasteiger partial charge on any atom is -0.327 e. The van der Waals surface area contributed by atoms with Crippen molar-refractivity contribution in [3.05, 3.63) is 0 Å². The van der Waals surface area contributed by atoms with Crippen molar-refractivity contribution in [2.75, 3.05) is 0 Å². The molecular formula is C14H24F3N.